The van der Waals surface area contributed by atoms with Crippen LogP contribution in [-0.2, 0) is 6.54 Å². The summed E-state index contributed by atoms with van der Waals surface area (Å²) in [5.74, 6) is 0. The smallest absolute Gasteiger partial charge is 0.176 e. The van der Waals surface area contributed by atoms with E-state index in [1.54, 1.807) is 12.1 Å². The predicted octanol–water partition coefficient (Wildman–Crippen LogP) is 2.38. The Balaban J connectivity index is 2.38. The zero-order chi connectivity index (χ0) is 13.1. The number of nitriles is 2. The molecule has 0 amide bonds. The highest BCUT2D eigenvalue weighted by atomic mass is 35.5. The lowest BCUT2D eigenvalue weighted by Crippen LogP contribution is -2.03. The van der Waals surface area contributed by atoms with Gasteiger partial charge in [0.2, 0.25) is 0 Å². The second-order valence-electron chi connectivity index (χ2n) is 3.38. The maximum atomic E-state index is 8.98. The summed E-state index contributed by atoms with van der Waals surface area (Å²) in [6.45, 7) is 0.306. The van der Waals surface area contributed by atoms with E-state index in [-0.39, 0.29) is 16.5 Å². The third kappa shape index (κ3) is 2.28. The van der Waals surface area contributed by atoms with Gasteiger partial charge in [0.1, 0.15) is 22.4 Å². The van der Waals surface area contributed by atoms with E-state index >= 15 is 0 Å². The van der Waals surface area contributed by atoms with Crippen LogP contribution < -0.4 is 0 Å². The number of hydrogen-bond donors (Lipinski definition) is 0. The van der Waals surface area contributed by atoms with Crippen LogP contribution in [0.3, 0.4) is 0 Å². The number of nitrogens with zero attached hydrogens (tertiary/aromatic N) is 5. The Morgan fingerprint density at radius 1 is 1.22 bits per heavy atom. The van der Waals surface area contributed by atoms with Crippen molar-refractivity contribution in [2.75, 3.05) is 0 Å². The molecule has 0 saturated heterocycles. The molecular weight excluding hydrogens is 273 g/mol. The van der Waals surface area contributed by atoms with Gasteiger partial charge < -0.3 is 4.57 Å². The van der Waals surface area contributed by atoms with E-state index < -0.39 is 0 Å². The Hall–Kier alpha value is -2.08. The molecule has 2 aromatic rings. The van der Waals surface area contributed by atoms with Gasteiger partial charge in [-0.2, -0.15) is 10.5 Å². The Morgan fingerprint density at radius 3 is 2.61 bits per heavy atom. The van der Waals surface area contributed by atoms with Crippen molar-refractivity contribution in [3.05, 3.63) is 45.7 Å². The molecule has 0 aliphatic carbocycles. The first-order valence-electron chi connectivity index (χ1n) is 4.82. The van der Waals surface area contributed by atoms with Gasteiger partial charge in [-0.25, -0.2) is 9.97 Å². The van der Waals surface area contributed by atoms with E-state index in [1.165, 1.54) is 10.9 Å². The number of aromatic nitrogens is 3. The lowest BCUT2D eigenvalue weighted by Gasteiger charge is -2.05. The summed E-state index contributed by atoms with van der Waals surface area (Å²) in [5.41, 5.74) is 0.985. The molecule has 0 saturated carbocycles. The number of rotatable bonds is 2. The first kappa shape index (κ1) is 12.4. The number of halogens is 2. The molecular formula is C11H5Cl2N5. The second kappa shape index (κ2) is 5.05. The van der Waals surface area contributed by atoms with Crippen molar-refractivity contribution < 1.29 is 0 Å². The van der Waals surface area contributed by atoms with E-state index in [9.17, 15) is 0 Å². The summed E-state index contributed by atoms with van der Waals surface area (Å²) in [4.78, 5) is 7.74. The molecule has 88 valence electrons. The standard InChI is InChI=1S/C11H5Cl2N5/c12-10-2-1-7(11(13)17-10)5-18-6-16-8(3-14)9(18)4-15/h1-2,6H,5H2. The van der Waals surface area contributed by atoms with E-state index in [0.717, 1.165) is 0 Å². The monoisotopic (exact) mass is 277 g/mol. The summed E-state index contributed by atoms with van der Waals surface area (Å²) < 4.78 is 1.54. The van der Waals surface area contributed by atoms with Gasteiger partial charge in [0.15, 0.2) is 11.4 Å². The fourth-order valence-corrected chi connectivity index (χ4v) is 1.85. The summed E-state index contributed by atoms with van der Waals surface area (Å²) in [6, 6.07) is 7.11. The zero-order valence-electron chi connectivity index (χ0n) is 8.93. The van der Waals surface area contributed by atoms with Gasteiger partial charge in [0.05, 0.1) is 12.9 Å². The minimum Gasteiger partial charge on any atom is -0.317 e. The van der Waals surface area contributed by atoms with Crippen molar-refractivity contribution in [3.63, 3.8) is 0 Å². The molecule has 0 N–H and O–H groups in total. The first-order chi connectivity index (χ1) is 8.65. The van der Waals surface area contributed by atoms with Crippen LogP contribution in [0.2, 0.25) is 10.3 Å². The molecule has 2 heterocycles. The molecule has 2 rings (SSSR count). The molecule has 18 heavy (non-hydrogen) atoms. The summed E-state index contributed by atoms with van der Waals surface area (Å²) >= 11 is 11.6. The van der Waals surface area contributed by atoms with Crippen LogP contribution in [0.15, 0.2) is 18.5 Å². The maximum Gasteiger partial charge on any atom is 0.176 e. The SMILES string of the molecule is N#Cc1ncn(Cc2ccc(Cl)nc2Cl)c1C#N. The Labute approximate surface area is 113 Å². The van der Waals surface area contributed by atoms with Gasteiger partial charge >= 0.3 is 0 Å². The lowest BCUT2D eigenvalue weighted by atomic mass is 10.2. The summed E-state index contributed by atoms with van der Waals surface area (Å²) in [7, 11) is 0. The Kier molecular flexibility index (Phi) is 3.47. The lowest BCUT2D eigenvalue weighted by molar-refractivity contribution is 0.782. The summed E-state index contributed by atoms with van der Waals surface area (Å²) in [6.07, 6.45) is 1.42. The maximum absolute atomic E-state index is 8.98. The Bertz CT molecular complexity index is 678. The van der Waals surface area contributed by atoms with Gasteiger partial charge in [-0.05, 0) is 6.07 Å². The van der Waals surface area contributed by atoms with Gasteiger partial charge in [-0.15, -0.1) is 0 Å². The quantitative estimate of drug-likeness (QED) is 0.790. The van der Waals surface area contributed by atoms with Crippen LogP contribution >= 0.6 is 23.2 Å². The van der Waals surface area contributed by atoms with Crippen molar-refractivity contribution in [2.45, 2.75) is 6.54 Å². The molecule has 0 fully saturated rings. The molecule has 0 radical (unpaired) electrons. The predicted molar refractivity (Wildman–Crippen MR) is 65.0 cm³/mol. The fraction of sp³-hybridized carbons (Fsp3) is 0.0909. The first-order valence-corrected chi connectivity index (χ1v) is 5.57. The largest absolute Gasteiger partial charge is 0.317 e. The Morgan fingerprint density at radius 2 is 2.00 bits per heavy atom. The van der Waals surface area contributed by atoms with Crippen LogP contribution in [0.5, 0.6) is 0 Å². The van der Waals surface area contributed by atoms with Gasteiger partial charge in [-0.1, -0.05) is 29.3 Å². The average Bonchev–Trinajstić information content (AvgIpc) is 2.74. The molecule has 0 aromatic carbocycles. The highest BCUT2D eigenvalue weighted by Crippen LogP contribution is 2.18. The highest BCUT2D eigenvalue weighted by molar-refractivity contribution is 6.32. The average molecular weight is 278 g/mol. The molecule has 0 atom stereocenters. The van der Waals surface area contributed by atoms with Gasteiger partial charge in [-0.3, -0.25) is 0 Å². The van der Waals surface area contributed by atoms with Crippen molar-refractivity contribution in [1.82, 2.24) is 14.5 Å². The number of hydrogen-bond acceptors (Lipinski definition) is 4. The minimum absolute atomic E-state index is 0.0931. The van der Waals surface area contributed by atoms with Crippen LogP contribution in [0.1, 0.15) is 17.0 Å². The second-order valence-corrected chi connectivity index (χ2v) is 4.12. The van der Waals surface area contributed by atoms with Crippen molar-refractivity contribution >= 4 is 23.2 Å². The van der Waals surface area contributed by atoms with Crippen molar-refractivity contribution in [1.29, 1.82) is 10.5 Å². The van der Waals surface area contributed by atoms with E-state index in [1.807, 2.05) is 12.1 Å². The highest BCUT2D eigenvalue weighted by Gasteiger charge is 2.12. The molecule has 0 unspecified atom stereocenters. The third-order valence-corrected chi connectivity index (χ3v) is 2.82. The normalized spacial score (nSPS) is 9.78. The van der Waals surface area contributed by atoms with Crippen LogP contribution in [-0.4, -0.2) is 14.5 Å². The number of imidazole rings is 1. The van der Waals surface area contributed by atoms with Crippen LogP contribution in [0, 0.1) is 22.7 Å². The van der Waals surface area contributed by atoms with Crippen molar-refractivity contribution in [2.24, 2.45) is 0 Å². The molecule has 0 aliphatic rings. The van der Waals surface area contributed by atoms with Crippen LogP contribution in [0.4, 0.5) is 0 Å². The molecule has 7 heteroatoms. The minimum atomic E-state index is 0.0931. The van der Waals surface area contributed by atoms with E-state index in [4.69, 9.17) is 33.7 Å². The molecule has 0 bridgehead atoms. The van der Waals surface area contributed by atoms with Crippen LogP contribution in [0.25, 0.3) is 0 Å². The zero-order valence-corrected chi connectivity index (χ0v) is 10.4. The van der Waals surface area contributed by atoms with Gasteiger partial charge in [0.25, 0.3) is 0 Å². The molecule has 0 spiro atoms. The van der Waals surface area contributed by atoms with E-state index in [0.29, 0.717) is 17.3 Å². The molecule has 2 aromatic heterocycles. The fourth-order valence-electron chi connectivity index (χ4n) is 1.44. The van der Waals surface area contributed by atoms with E-state index in [2.05, 4.69) is 9.97 Å². The third-order valence-electron chi connectivity index (χ3n) is 2.28. The molecule has 0 aliphatic heterocycles. The summed E-state index contributed by atoms with van der Waals surface area (Å²) in [5, 5.41) is 18.3. The van der Waals surface area contributed by atoms with Gasteiger partial charge in [0, 0.05) is 5.56 Å². The van der Waals surface area contributed by atoms with Crippen molar-refractivity contribution in [3.8, 4) is 12.1 Å². The number of pyridine rings is 1. The molecule has 5 nitrogen and oxygen atoms in total. The topological polar surface area (TPSA) is 78.3 Å².